The SMILES string of the molecule is CC1CC(C(=O)N2CCN(c3ccc4ccccc4n3)CC2)C(C)O1. The minimum absolute atomic E-state index is 0.0142. The molecule has 132 valence electrons. The fraction of sp³-hybridized carbons (Fsp3) is 0.500. The molecule has 3 unspecified atom stereocenters. The molecular formula is C20H25N3O2. The van der Waals surface area contributed by atoms with Crippen molar-refractivity contribution in [2.75, 3.05) is 31.1 Å². The van der Waals surface area contributed by atoms with E-state index in [0.717, 1.165) is 49.3 Å². The van der Waals surface area contributed by atoms with Crippen molar-refractivity contribution in [2.24, 2.45) is 5.92 Å². The van der Waals surface area contributed by atoms with E-state index in [1.807, 2.05) is 36.9 Å². The van der Waals surface area contributed by atoms with E-state index in [1.54, 1.807) is 0 Å². The van der Waals surface area contributed by atoms with Gasteiger partial charge in [-0.05, 0) is 38.5 Å². The number of nitrogens with zero attached hydrogens (tertiary/aromatic N) is 3. The van der Waals surface area contributed by atoms with Crippen molar-refractivity contribution in [1.29, 1.82) is 0 Å². The number of pyridine rings is 1. The van der Waals surface area contributed by atoms with Gasteiger partial charge in [-0.1, -0.05) is 18.2 Å². The normalized spacial score (nSPS) is 27.0. The number of carbonyl (C=O) groups excluding carboxylic acids is 1. The van der Waals surface area contributed by atoms with Gasteiger partial charge in [0.05, 0.1) is 23.6 Å². The molecule has 25 heavy (non-hydrogen) atoms. The third-order valence-electron chi connectivity index (χ3n) is 5.42. The van der Waals surface area contributed by atoms with Gasteiger partial charge in [-0.2, -0.15) is 0 Å². The first kappa shape index (κ1) is 16.3. The van der Waals surface area contributed by atoms with Crippen LogP contribution in [0.15, 0.2) is 36.4 Å². The van der Waals surface area contributed by atoms with Crippen LogP contribution >= 0.6 is 0 Å². The number of fused-ring (bicyclic) bond motifs is 1. The van der Waals surface area contributed by atoms with Crippen molar-refractivity contribution in [1.82, 2.24) is 9.88 Å². The first-order valence-corrected chi connectivity index (χ1v) is 9.17. The van der Waals surface area contributed by atoms with E-state index in [1.165, 1.54) is 0 Å². The van der Waals surface area contributed by atoms with Crippen LogP contribution in [0.25, 0.3) is 10.9 Å². The van der Waals surface area contributed by atoms with Crippen LogP contribution in [-0.4, -0.2) is 54.2 Å². The monoisotopic (exact) mass is 339 g/mol. The molecule has 5 nitrogen and oxygen atoms in total. The topological polar surface area (TPSA) is 45.7 Å². The van der Waals surface area contributed by atoms with E-state index in [0.29, 0.717) is 0 Å². The Morgan fingerprint density at radius 3 is 2.56 bits per heavy atom. The summed E-state index contributed by atoms with van der Waals surface area (Å²) in [5.41, 5.74) is 1.02. The second kappa shape index (κ2) is 6.64. The third kappa shape index (κ3) is 3.21. The molecule has 2 fully saturated rings. The van der Waals surface area contributed by atoms with Gasteiger partial charge in [0, 0.05) is 31.6 Å². The quantitative estimate of drug-likeness (QED) is 0.844. The lowest BCUT2D eigenvalue weighted by molar-refractivity contribution is -0.137. The average molecular weight is 339 g/mol. The van der Waals surface area contributed by atoms with Gasteiger partial charge in [0.25, 0.3) is 0 Å². The molecule has 2 aromatic rings. The number of piperazine rings is 1. The fourth-order valence-corrected chi connectivity index (χ4v) is 3.99. The van der Waals surface area contributed by atoms with E-state index in [9.17, 15) is 4.79 Å². The Labute approximate surface area is 148 Å². The molecule has 1 aromatic heterocycles. The highest BCUT2D eigenvalue weighted by Gasteiger charge is 2.38. The number of amides is 1. The number of aromatic nitrogens is 1. The predicted molar refractivity (Wildman–Crippen MR) is 98.7 cm³/mol. The van der Waals surface area contributed by atoms with Crippen LogP contribution in [0.5, 0.6) is 0 Å². The molecular weight excluding hydrogens is 314 g/mol. The van der Waals surface area contributed by atoms with Gasteiger partial charge in [0.15, 0.2) is 0 Å². The first-order valence-electron chi connectivity index (χ1n) is 9.17. The van der Waals surface area contributed by atoms with E-state index in [2.05, 4.69) is 23.1 Å². The van der Waals surface area contributed by atoms with Gasteiger partial charge >= 0.3 is 0 Å². The minimum Gasteiger partial charge on any atom is -0.375 e. The molecule has 1 aromatic carbocycles. The molecule has 0 bridgehead atoms. The lowest BCUT2D eigenvalue weighted by Gasteiger charge is -2.37. The van der Waals surface area contributed by atoms with Crippen molar-refractivity contribution >= 4 is 22.6 Å². The van der Waals surface area contributed by atoms with Crippen molar-refractivity contribution in [2.45, 2.75) is 32.5 Å². The summed E-state index contributed by atoms with van der Waals surface area (Å²) in [5, 5.41) is 1.16. The maximum absolute atomic E-state index is 12.8. The predicted octanol–water partition coefficient (Wildman–Crippen LogP) is 2.70. The Morgan fingerprint density at radius 2 is 1.84 bits per heavy atom. The van der Waals surface area contributed by atoms with Gasteiger partial charge in [0.1, 0.15) is 5.82 Å². The number of hydrogen-bond donors (Lipinski definition) is 0. The van der Waals surface area contributed by atoms with Crippen molar-refractivity contribution in [3.63, 3.8) is 0 Å². The number of para-hydroxylation sites is 1. The fourth-order valence-electron chi connectivity index (χ4n) is 3.99. The van der Waals surface area contributed by atoms with E-state index >= 15 is 0 Å². The van der Waals surface area contributed by atoms with Gasteiger partial charge in [-0.25, -0.2) is 4.98 Å². The zero-order valence-corrected chi connectivity index (χ0v) is 14.9. The molecule has 3 heterocycles. The second-order valence-electron chi connectivity index (χ2n) is 7.17. The molecule has 2 aliphatic heterocycles. The van der Waals surface area contributed by atoms with Crippen LogP contribution in [-0.2, 0) is 9.53 Å². The van der Waals surface area contributed by atoms with Crippen LogP contribution in [0.4, 0.5) is 5.82 Å². The smallest absolute Gasteiger partial charge is 0.228 e. The highest BCUT2D eigenvalue weighted by Crippen LogP contribution is 2.28. The Kier molecular flexibility index (Phi) is 4.34. The van der Waals surface area contributed by atoms with Gasteiger partial charge in [-0.3, -0.25) is 4.79 Å². The highest BCUT2D eigenvalue weighted by atomic mass is 16.5. The van der Waals surface area contributed by atoms with Crippen LogP contribution in [0.1, 0.15) is 20.3 Å². The molecule has 2 aliphatic rings. The number of carbonyl (C=O) groups is 1. The number of hydrogen-bond acceptors (Lipinski definition) is 4. The molecule has 1 amide bonds. The summed E-state index contributed by atoms with van der Waals surface area (Å²) in [4.78, 5) is 21.8. The Balaban J connectivity index is 1.41. The van der Waals surface area contributed by atoms with Crippen LogP contribution < -0.4 is 4.90 Å². The molecule has 0 spiro atoms. The Morgan fingerprint density at radius 1 is 1.08 bits per heavy atom. The molecule has 0 aliphatic carbocycles. The molecule has 5 heteroatoms. The van der Waals surface area contributed by atoms with Gasteiger partial charge in [-0.15, -0.1) is 0 Å². The molecule has 0 radical (unpaired) electrons. The maximum Gasteiger partial charge on any atom is 0.228 e. The Bertz CT molecular complexity index is 770. The standard InChI is InChI=1S/C20H25N3O2/c1-14-13-17(15(2)25-14)20(24)23-11-9-22(10-12-23)19-8-7-16-5-3-4-6-18(16)21-19/h3-8,14-15,17H,9-13H2,1-2H3. The van der Waals surface area contributed by atoms with Crippen LogP contribution in [0, 0.1) is 5.92 Å². The summed E-state index contributed by atoms with van der Waals surface area (Å²) in [7, 11) is 0. The van der Waals surface area contributed by atoms with Crippen molar-refractivity contribution < 1.29 is 9.53 Å². The van der Waals surface area contributed by atoms with Gasteiger partial charge in [0.2, 0.25) is 5.91 Å². The van der Waals surface area contributed by atoms with Gasteiger partial charge < -0.3 is 14.5 Å². The number of anilines is 1. The highest BCUT2D eigenvalue weighted by molar-refractivity contribution is 5.81. The largest absolute Gasteiger partial charge is 0.375 e. The van der Waals surface area contributed by atoms with Crippen molar-refractivity contribution in [3.8, 4) is 0 Å². The molecule has 0 N–H and O–H groups in total. The zero-order valence-electron chi connectivity index (χ0n) is 14.9. The van der Waals surface area contributed by atoms with Crippen molar-refractivity contribution in [3.05, 3.63) is 36.4 Å². The second-order valence-corrected chi connectivity index (χ2v) is 7.17. The number of benzene rings is 1. The summed E-state index contributed by atoms with van der Waals surface area (Å²) in [6, 6.07) is 12.4. The summed E-state index contributed by atoms with van der Waals surface area (Å²) >= 11 is 0. The molecule has 3 atom stereocenters. The summed E-state index contributed by atoms with van der Waals surface area (Å²) in [6.45, 7) is 7.23. The van der Waals surface area contributed by atoms with Crippen LogP contribution in [0.2, 0.25) is 0 Å². The Hall–Kier alpha value is -2.14. The average Bonchev–Trinajstić information content (AvgIpc) is 2.99. The lowest BCUT2D eigenvalue weighted by Crippen LogP contribution is -2.51. The van der Waals surface area contributed by atoms with E-state index in [4.69, 9.17) is 9.72 Å². The number of ether oxygens (including phenoxy) is 1. The molecule has 0 saturated carbocycles. The summed E-state index contributed by atoms with van der Waals surface area (Å²) in [6.07, 6.45) is 1.06. The van der Waals surface area contributed by atoms with E-state index < -0.39 is 0 Å². The zero-order chi connectivity index (χ0) is 17.4. The summed E-state index contributed by atoms with van der Waals surface area (Å²) in [5.74, 6) is 1.26. The molecule has 2 saturated heterocycles. The first-order chi connectivity index (χ1) is 12.1. The maximum atomic E-state index is 12.8. The molecule has 4 rings (SSSR count). The lowest BCUT2D eigenvalue weighted by atomic mass is 9.98. The minimum atomic E-state index is 0.0142. The summed E-state index contributed by atoms with van der Waals surface area (Å²) < 4.78 is 5.75. The van der Waals surface area contributed by atoms with Crippen LogP contribution in [0.3, 0.4) is 0 Å². The number of rotatable bonds is 2. The van der Waals surface area contributed by atoms with E-state index in [-0.39, 0.29) is 24.0 Å². The third-order valence-corrected chi connectivity index (χ3v) is 5.42.